The minimum atomic E-state index is -1.16. The lowest BCUT2D eigenvalue weighted by molar-refractivity contribution is -0.145. The summed E-state index contributed by atoms with van der Waals surface area (Å²) in [6.45, 7) is 11.6. The Morgan fingerprint density at radius 1 is 1.26 bits per heavy atom. The molecule has 0 radical (unpaired) electrons. The molecule has 190 valence electrons. The van der Waals surface area contributed by atoms with Crippen LogP contribution in [0.2, 0.25) is 0 Å². The third-order valence-electron chi connectivity index (χ3n) is 6.11. The molecular formula is C23H39N6O4P. The molecule has 2 aromatic heterocycles. The van der Waals surface area contributed by atoms with E-state index in [0.717, 1.165) is 6.42 Å². The van der Waals surface area contributed by atoms with E-state index in [9.17, 15) is 4.79 Å². The highest BCUT2D eigenvalue weighted by Gasteiger charge is 2.33. The van der Waals surface area contributed by atoms with Crippen LogP contribution in [0.25, 0.3) is 11.2 Å². The van der Waals surface area contributed by atoms with Gasteiger partial charge in [0.15, 0.2) is 11.5 Å². The lowest BCUT2D eigenvalue weighted by atomic mass is 9.75. The predicted octanol–water partition coefficient (Wildman–Crippen LogP) is 3.71. The minimum Gasteiger partial charge on any atom is -0.462 e. The van der Waals surface area contributed by atoms with Crippen molar-refractivity contribution in [3.8, 4) is 0 Å². The number of rotatable bonds is 12. The van der Waals surface area contributed by atoms with Crippen molar-refractivity contribution >= 4 is 31.3 Å². The van der Waals surface area contributed by atoms with Crippen LogP contribution < -0.4 is 10.8 Å². The summed E-state index contributed by atoms with van der Waals surface area (Å²) in [5, 5.41) is 3.26. The molecular weight excluding hydrogens is 455 g/mol. The lowest BCUT2D eigenvalue weighted by Gasteiger charge is -2.38. The van der Waals surface area contributed by atoms with Crippen LogP contribution in [-0.4, -0.2) is 57.2 Å². The number of esters is 1. The topological polar surface area (TPSA) is 126 Å². The van der Waals surface area contributed by atoms with Crippen molar-refractivity contribution in [1.82, 2.24) is 24.6 Å². The molecule has 0 spiro atoms. The van der Waals surface area contributed by atoms with Crippen molar-refractivity contribution in [2.75, 3.05) is 25.2 Å². The zero-order valence-electron chi connectivity index (χ0n) is 20.9. The SMILES string of the molecule is CC(C)OC(=O)CNP(COCCn1cnc2c(N)ncnc21)O[C@@H]1C[C@H](C)CCC1C(C)C. The molecule has 2 heterocycles. The third-order valence-corrected chi connectivity index (χ3v) is 7.56. The second-order valence-electron chi connectivity index (χ2n) is 9.63. The van der Waals surface area contributed by atoms with Gasteiger partial charge in [-0.05, 0) is 44.4 Å². The van der Waals surface area contributed by atoms with Gasteiger partial charge in [0.25, 0.3) is 0 Å². The first-order chi connectivity index (χ1) is 16.2. The van der Waals surface area contributed by atoms with Gasteiger partial charge in [0, 0.05) is 6.54 Å². The molecule has 2 aromatic rings. The minimum absolute atomic E-state index is 0.101. The first-order valence-corrected chi connectivity index (χ1v) is 13.5. The number of hydrogen-bond donors (Lipinski definition) is 2. The van der Waals surface area contributed by atoms with E-state index in [1.54, 1.807) is 6.33 Å². The van der Waals surface area contributed by atoms with Crippen molar-refractivity contribution in [1.29, 1.82) is 0 Å². The quantitative estimate of drug-likeness (QED) is 0.258. The molecule has 11 heteroatoms. The molecule has 0 bridgehead atoms. The maximum Gasteiger partial charge on any atom is 0.320 e. The van der Waals surface area contributed by atoms with E-state index in [1.165, 1.54) is 19.2 Å². The molecule has 3 rings (SSSR count). The number of anilines is 1. The van der Waals surface area contributed by atoms with E-state index in [1.807, 2.05) is 18.4 Å². The summed E-state index contributed by atoms with van der Waals surface area (Å²) < 4.78 is 19.7. The highest BCUT2D eigenvalue weighted by molar-refractivity contribution is 7.50. The van der Waals surface area contributed by atoms with Gasteiger partial charge in [0.1, 0.15) is 26.5 Å². The summed E-state index contributed by atoms with van der Waals surface area (Å²) in [6.07, 6.45) is 6.94. The number of carbonyl (C=O) groups is 1. The summed E-state index contributed by atoms with van der Waals surface area (Å²) >= 11 is 0. The number of imidazole rings is 1. The molecule has 0 amide bonds. The van der Waals surface area contributed by atoms with Crippen molar-refractivity contribution in [3.05, 3.63) is 12.7 Å². The molecule has 1 aliphatic carbocycles. The third kappa shape index (κ3) is 7.57. The van der Waals surface area contributed by atoms with E-state index in [-0.39, 0.29) is 24.7 Å². The molecule has 0 aliphatic heterocycles. The van der Waals surface area contributed by atoms with Gasteiger partial charge in [-0.1, -0.05) is 27.2 Å². The monoisotopic (exact) mass is 494 g/mol. The summed E-state index contributed by atoms with van der Waals surface area (Å²) in [7, 11) is -1.16. The number of nitrogens with two attached hydrogens (primary N) is 1. The standard InChI is InChI=1S/C23H39N6O4P/c1-15(2)18-7-6-17(5)10-19(18)33-34(28-11-20(30)32-16(3)4)14-31-9-8-29-13-27-21-22(24)25-12-26-23(21)29/h12-13,15-19,28H,6-11,14H2,1-5H3,(H2,24,25,26)/t17-,18?,19-,34?/m1/s1. The maximum atomic E-state index is 12.1. The van der Waals surface area contributed by atoms with Gasteiger partial charge in [0.05, 0.1) is 31.7 Å². The number of nitrogen functional groups attached to an aromatic ring is 1. The van der Waals surface area contributed by atoms with Crippen LogP contribution in [0.5, 0.6) is 0 Å². The van der Waals surface area contributed by atoms with Gasteiger partial charge in [-0.25, -0.2) is 15.0 Å². The van der Waals surface area contributed by atoms with E-state index in [2.05, 4.69) is 40.8 Å². The van der Waals surface area contributed by atoms with Crippen molar-refractivity contribution in [2.24, 2.45) is 17.8 Å². The van der Waals surface area contributed by atoms with Crippen LogP contribution in [0.15, 0.2) is 12.7 Å². The Hall–Kier alpha value is -1.87. The number of nitrogens with one attached hydrogen (secondary N) is 1. The van der Waals surface area contributed by atoms with Gasteiger partial charge in [-0.3, -0.25) is 9.88 Å². The van der Waals surface area contributed by atoms with Gasteiger partial charge in [-0.15, -0.1) is 0 Å². The van der Waals surface area contributed by atoms with E-state index >= 15 is 0 Å². The van der Waals surface area contributed by atoms with Crippen LogP contribution >= 0.6 is 8.30 Å². The number of hydrogen-bond acceptors (Lipinski definition) is 9. The van der Waals surface area contributed by atoms with Crippen molar-refractivity contribution < 1.29 is 18.8 Å². The van der Waals surface area contributed by atoms with Crippen LogP contribution in [0.1, 0.15) is 53.9 Å². The van der Waals surface area contributed by atoms with Gasteiger partial charge < -0.3 is 24.3 Å². The van der Waals surface area contributed by atoms with Gasteiger partial charge >= 0.3 is 5.97 Å². The summed E-state index contributed by atoms with van der Waals surface area (Å²) in [6, 6.07) is 0. The Balaban J connectivity index is 1.58. The second kappa shape index (κ2) is 12.7. The van der Waals surface area contributed by atoms with Crippen LogP contribution in [0.3, 0.4) is 0 Å². The number of fused-ring (bicyclic) bond motifs is 1. The smallest absolute Gasteiger partial charge is 0.320 e. The Morgan fingerprint density at radius 2 is 2.06 bits per heavy atom. The molecule has 0 aromatic carbocycles. The van der Waals surface area contributed by atoms with E-state index in [0.29, 0.717) is 54.2 Å². The maximum absolute atomic E-state index is 12.1. The first kappa shape index (κ1) is 26.7. The van der Waals surface area contributed by atoms with E-state index in [4.69, 9.17) is 19.7 Å². The van der Waals surface area contributed by atoms with Crippen molar-refractivity contribution in [3.63, 3.8) is 0 Å². The molecule has 34 heavy (non-hydrogen) atoms. The molecule has 1 fully saturated rings. The molecule has 4 atom stereocenters. The molecule has 0 saturated heterocycles. The summed E-state index contributed by atoms with van der Waals surface area (Å²) in [5.74, 6) is 1.76. The highest BCUT2D eigenvalue weighted by Crippen LogP contribution is 2.43. The fourth-order valence-electron chi connectivity index (χ4n) is 4.34. The molecule has 3 N–H and O–H groups in total. The molecule has 2 unspecified atom stereocenters. The Morgan fingerprint density at radius 3 is 2.79 bits per heavy atom. The Labute approximate surface area is 203 Å². The average molecular weight is 495 g/mol. The average Bonchev–Trinajstić information content (AvgIpc) is 3.18. The summed E-state index contributed by atoms with van der Waals surface area (Å²) in [5.41, 5.74) is 7.13. The highest BCUT2D eigenvalue weighted by atomic mass is 31.2. The fourth-order valence-corrected chi connectivity index (χ4v) is 5.74. The second-order valence-corrected chi connectivity index (χ2v) is 11.2. The zero-order chi connectivity index (χ0) is 24.7. The fraction of sp³-hybridized carbons (Fsp3) is 0.739. The Kier molecular flexibility index (Phi) is 10.0. The van der Waals surface area contributed by atoms with Crippen LogP contribution in [-0.2, 0) is 25.3 Å². The van der Waals surface area contributed by atoms with E-state index < -0.39 is 8.30 Å². The van der Waals surface area contributed by atoms with Crippen LogP contribution in [0.4, 0.5) is 5.82 Å². The summed E-state index contributed by atoms with van der Waals surface area (Å²) in [4.78, 5) is 24.6. The molecule has 10 nitrogen and oxygen atoms in total. The normalized spacial score (nSPS) is 21.9. The number of carbonyl (C=O) groups excluding carboxylic acids is 1. The predicted molar refractivity (Wildman–Crippen MR) is 133 cm³/mol. The van der Waals surface area contributed by atoms with Crippen LogP contribution in [0, 0.1) is 17.8 Å². The Bertz CT molecular complexity index is 924. The molecule has 1 aliphatic rings. The largest absolute Gasteiger partial charge is 0.462 e. The van der Waals surface area contributed by atoms with Gasteiger partial charge in [0.2, 0.25) is 0 Å². The first-order valence-electron chi connectivity index (χ1n) is 12.1. The zero-order valence-corrected chi connectivity index (χ0v) is 21.8. The number of ether oxygens (including phenoxy) is 2. The number of aromatic nitrogens is 4. The number of nitrogens with zero attached hydrogens (tertiary/aromatic N) is 4. The van der Waals surface area contributed by atoms with Gasteiger partial charge in [-0.2, -0.15) is 0 Å². The molecule has 1 saturated carbocycles. The van der Waals surface area contributed by atoms with Crippen molar-refractivity contribution in [2.45, 2.75) is 72.6 Å². The lowest BCUT2D eigenvalue weighted by Crippen LogP contribution is -2.35.